The normalized spacial score (nSPS) is 14.2. The van der Waals surface area contributed by atoms with Crippen LogP contribution >= 0.6 is 11.6 Å². The molecule has 3 rings (SSSR count). The molecule has 2 amide bonds. The third-order valence-electron chi connectivity index (χ3n) is 3.79. The zero-order chi connectivity index (χ0) is 18.7. The summed E-state index contributed by atoms with van der Waals surface area (Å²) < 4.78 is 38.9. The topological polar surface area (TPSA) is 66.9 Å². The van der Waals surface area contributed by atoms with Crippen LogP contribution in [0.5, 0.6) is 0 Å². The van der Waals surface area contributed by atoms with Crippen LogP contribution in [0.3, 0.4) is 0 Å². The third kappa shape index (κ3) is 5.08. The van der Waals surface area contributed by atoms with Crippen molar-refractivity contribution in [1.82, 2.24) is 15.3 Å². The quantitative estimate of drug-likeness (QED) is 0.803. The second-order valence-corrected chi connectivity index (χ2v) is 6.44. The first-order chi connectivity index (χ1) is 12.3. The highest BCUT2D eigenvalue weighted by Gasteiger charge is 2.35. The summed E-state index contributed by atoms with van der Waals surface area (Å²) in [6.07, 6.45) is -2.73. The lowest BCUT2D eigenvalue weighted by molar-refractivity contribution is -0.141. The summed E-state index contributed by atoms with van der Waals surface area (Å²) in [7, 11) is 0. The van der Waals surface area contributed by atoms with Gasteiger partial charge in [-0.1, -0.05) is 17.7 Å². The van der Waals surface area contributed by atoms with E-state index in [0.29, 0.717) is 16.4 Å². The van der Waals surface area contributed by atoms with E-state index in [9.17, 15) is 18.0 Å². The van der Waals surface area contributed by atoms with Gasteiger partial charge in [0.15, 0.2) is 0 Å². The van der Waals surface area contributed by atoms with Crippen molar-refractivity contribution in [1.29, 1.82) is 0 Å². The molecule has 1 aromatic carbocycles. The van der Waals surface area contributed by atoms with Crippen molar-refractivity contribution < 1.29 is 18.0 Å². The minimum atomic E-state index is -4.52. The van der Waals surface area contributed by atoms with Crippen molar-refractivity contribution in [3.8, 4) is 0 Å². The molecule has 26 heavy (non-hydrogen) atoms. The number of amides is 2. The molecule has 9 heteroatoms. The largest absolute Gasteiger partial charge is 0.433 e. The smallest absolute Gasteiger partial charge is 0.337 e. The molecule has 0 bridgehead atoms. The lowest BCUT2D eigenvalue weighted by atomic mass is 10.2. The number of carbonyl (C=O) groups is 1. The van der Waals surface area contributed by atoms with E-state index in [-0.39, 0.29) is 24.7 Å². The number of carbonyl (C=O) groups excluding carboxylic acids is 1. The molecular weight excluding hydrogens is 369 g/mol. The van der Waals surface area contributed by atoms with Crippen LogP contribution in [0.4, 0.5) is 23.7 Å². The van der Waals surface area contributed by atoms with Crippen molar-refractivity contribution in [3.63, 3.8) is 0 Å². The van der Waals surface area contributed by atoms with Gasteiger partial charge in [-0.15, -0.1) is 0 Å². The van der Waals surface area contributed by atoms with E-state index in [1.807, 2.05) is 0 Å². The highest BCUT2D eigenvalue weighted by molar-refractivity contribution is 6.30. The molecule has 1 aliphatic carbocycles. The standard InChI is InChI=1S/C17H16ClF3N4O/c18-11-2-1-3-12(8-11)23-16(26)22-7-6-15-24-13(10-4-5-10)9-14(25-15)17(19,20)21/h1-3,8-10H,4-7H2,(H2,22,23,26). The highest BCUT2D eigenvalue weighted by atomic mass is 35.5. The maximum absolute atomic E-state index is 13.0. The number of alkyl halides is 3. The molecule has 0 atom stereocenters. The Morgan fingerprint density at radius 3 is 2.65 bits per heavy atom. The lowest BCUT2D eigenvalue weighted by Gasteiger charge is -2.11. The summed E-state index contributed by atoms with van der Waals surface area (Å²) in [5, 5.41) is 5.64. The summed E-state index contributed by atoms with van der Waals surface area (Å²) >= 11 is 5.83. The summed E-state index contributed by atoms with van der Waals surface area (Å²) in [5.41, 5.74) is -0.000165. The maximum atomic E-state index is 13.0. The minimum Gasteiger partial charge on any atom is -0.337 e. The predicted octanol–water partition coefficient (Wildman–Crippen LogP) is 4.39. The summed E-state index contributed by atoms with van der Waals surface area (Å²) in [4.78, 5) is 19.6. The van der Waals surface area contributed by atoms with E-state index in [4.69, 9.17) is 11.6 Å². The molecule has 2 aromatic rings. The van der Waals surface area contributed by atoms with E-state index < -0.39 is 17.9 Å². The molecule has 0 saturated heterocycles. The molecule has 0 radical (unpaired) electrons. The highest BCUT2D eigenvalue weighted by Crippen LogP contribution is 2.40. The SMILES string of the molecule is O=C(NCCc1nc(C2CC2)cc(C(F)(F)F)n1)Nc1cccc(Cl)c1. The first kappa shape index (κ1) is 18.4. The molecule has 1 fully saturated rings. The minimum absolute atomic E-state index is 0.0739. The Morgan fingerprint density at radius 2 is 2.00 bits per heavy atom. The van der Waals surface area contributed by atoms with Gasteiger partial charge in [0.2, 0.25) is 0 Å². The number of urea groups is 1. The van der Waals surface area contributed by atoms with Crippen molar-refractivity contribution in [3.05, 3.63) is 52.6 Å². The Kier molecular flexibility index (Phi) is 5.31. The monoisotopic (exact) mass is 384 g/mol. The van der Waals surface area contributed by atoms with Crippen LogP contribution in [0.15, 0.2) is 30.3 Å². The van der Waals surface area contributed by atoms with E-state index in [1.54, 1.807) is 24.3 Å². The number of benzene rings is 1. The van der Waals surface area contributed by atoms with Crippen LogP contribution in [0.1, 0.15) is 36.0 Å². The van der Waals surface area contributed by atoms with E-state index in [0.717, 1.165) is 18.9 Å². The van der Waals surface area contributed by atoms with E-state index >= 15 is 0 Å². The van der Waals surface area contributed by atoms with Gasteiger partial charge in [-0.2, -0.15) is 13.2 Å². The molecule has 0 spiro atoms. The van der Waals surface area contributed by atoms with Gasteiger partial charge in [-0.05, 0) is 37.1 Å². The molecule has 0 unspecified atom stereocenters. The second kappa shape index (κ2) is 7.49. The Balaban J connectivity index is 1.58. The van der Waals surface area contributed by atoms with Crippen molar-refractivity contribution in [2.45, 2.75) is 31.4 Å². The van der Waals surface area contributed by atoms with Gasteiger partial charge in [0.05, 0.1) is 0 Å². The Bertz CT molecular complexity index is 809. The zero-order valence-electron chi connectivity index (χ0n) is 13.6. The number of nitrogens with one attached hydrogen (secondary N) is 2. The Hall–Kier alpha value is -2.35. The van der Waals surface area contributed by atoms with Gasteiger partial charge in [0.25, 0.3) is 0 Å². The van der Waals surface area contributed by atoms with Crippen LogP contribution in [-0.4, -0.2) is 22.5 Å². The average Bonchev–Trinajstić information content (AvgIpc) is 3.38. The van der Waals surface area contributed by atoms with Gasteiger partial charge < -0.3 is 10.6 Å². The average molecular weight is 385 g/mol. The fourth-order valence-electron chi connectivity index (χ4n) is 2.39. The zero-order valence-corrected chi connectivity index (χ0v) is 14.4. The van der Waals surface area contributed by atoms with Gasteiger partial charge in [-0.25, -0.2) is 14.8 Å². The number of nitrogens with zero attached hydrogens (tertiary/aromatic N) is 2. The molecule has 5 nitrogen and oxygen atoms in total. The number of aromatic nitrogens is 2. The molecular formula is C17H16ClF3N4O. The third-order valence-corrected chi connectivity index (χ3v) is 4.03. The number of halogens is 4. The van der Waals surface area contributed by atoms with Crippen LogP contribution in [0.25, 0.3) is 0 Å². The van der Waals surface area contributed by atoms with Gasteiger partial charge in [-0.3, -0.25) is 0 Å². The number of hydrogen-bond acceptors (Lipinski definition) is 3. The lowest BCUT2D eigenvalue weighted by Crippen LogP contribution is -2.31. The first-order valence-corrected chi connectivity index (χ1v) is 8.44. The molecule has 2 N–H and O–H groups in total. The molecule has 1 aromatic heterocycles. The van der Waals surface area contributed by atoms with Gasteiger partial charge in [0.1, 0.15) is 11.5 Å². The summed E-state index contributed by atoms with van der Waals surface area (Å²) in [6.45, 7) is 0.109. The first-order valence-electron chi connectivity index (χ1n) is 8.07. The summed E-state index contributed by atoms with van der Waals surface area (Å²) in [5.74, 6) is 0.154. The maximum Gasteiger partial charge on any atom is 0.433 e. The molecule has 1 heterocycles. The number of hydrogen-bond donors (Lipinski definition) is 2. The molecule has 1 aliphatic rings. The fourth-order valence-corrected chi connectivity index (χ4v) is 2.58. The molecule has 138 valence electrons. The fraction of sp³-hybridized carbons (Fsp3) is 0.353. The number of rotatable bonds is 5. The van der Waals surface area contributed by atoms with Crippen LogP contribution in [-0.2, 0) is 12.6 Å². The molecule has 0 aliphatic heterocycles. The van der Waals surface area contributed by atoms with Gasteiger partial charge >= 0.3 is 12.2 Å². The summed E-state index contributed by atoms with van der Waals surface area (Å²) in [6, 6.07) is 7.14. The second-order valence-electron chi connectivity index (χ2n) is 6.01. The predicted molar refractivity (Wildman–Crippen MR) is 91.2 cm³/mol. The Morgan fingerprint density at radius 1 is 1.23 bits per heavy atom. The Labute approximate surface area is 153 Å². The van der Waals surface area contributed by atoms with Crippen molar-refractivity contribution >= 4 is 23.3 Å². The van der Waals surface area contributed by atoms with Crippen LogP contribution in [0, 0.1) is 0 Å². The number of anilines is 1. The van der Waals surface area contributed by atoms with E-state index in [1.165, 1.54) is 0 Å². The van der Waals surface area contributed by atoms with E-state index in [2.05, 4.69) is 20.6 Å². The van der Waals surface area contributed by atoms with Gasteiger partial charge in [0, 0.05) is 35.3 Å². The molecule has 1 saturated carbocycles. The van der Waals surface area contributed by atoms with Crippen LogP contribution < -0.4 is 10.6 Å². The van der Waals surface area contributed by atoms with Crippen molar-refractivity contribution in [2.24, 2.45) is 0 Å². The van der Waals surface area contributed by atoms with Crippen molar-refractivity contribution in [2.75, 3.05) is 11.9 Å². The van der Waals surface area contributed by atoms with Crippen LogP contribution in [0.2, 0.25) is 5.02 Å².